The predicted octanol–water partition coefficient (Wildman–Crippen LogP) is 3.98. The van der Waals surface area contributed by atoms with Crippen LogP contribution in [0.5, 0.6) is 0 Å². The number of pyridine rings is 1. The molecule has 2 nitrogen and oxygen atoms in total. The summed E-state index contributed by atoms with van der Waals surface area (Å²) in [5, 5.41) is 1.95. The van der Waals surface area contributed by atoms with E-state index in [0.717, 1.165) is 35.3 Å². The van der Waals surface area contributed by atoms with Crippen molar-refractivity contribution in [2.24, 2.45) is 11.8 Å². The normalized spacial score (nSPS) is 19.9. The van der Waals surface area contributed by atoms with Crippen LogP contribution >= 0.6 is 11.6 Å². The smallest absolute Gasteiger partial charge is 0.137 e. The summed E-state index contributed by atoms with van der Waals surface area (Å²) in [7, 11) is 0. The van der Waals surface area contributed by atoms with Crippen molar-refractivity contribution in [3.8, 4) is 0 Å². The lowest BCUT2D eigenvalue weighted by molar-refractivity contribution is 0.342. The monoisotopic (exact) mass is 248 g/mol. The minimum absolute atomic E-state index is 0.728. The van der Waals surface area contributed by atoms with Gasteiger partial charge in [-0.25, -0.2) is 4.98 Å². The van der Waals surface area contributed by atoms with Gasteiger partial charge in [-0.05, 0) is 42.7 Å². The number of nitrogens with zero attached hydrogens (tertiary/aromatic N) is 1. The fourth-order valence-corrected chi connectivity index (χ4v) is 3.02. The number of rotatable bonds is 1. The van der Waals surface area contributed by atoms with Crippen LogP contribution < -0.4 is 0 Å². The third-order valence-corrected chi connectivity index (χ3v) is 4.19. The Morgan fingerprint density at radius 3 is 3.06 bits per heavy atom. The topological polar surface area (TPSA) is 28.7 Å². The molecule has 0 amide bonds. The second-order valence-corrected chi connectivity index (χ2v) is 5.82. The van der Waals surface area contributed by atoms with Gasteiger partial charge in [0.05, 0.1) is 5.02 Å². The molecule has 1 N–H and O–H groups in total. The molecule has 0 saturated heterocycles. The van der Waals surface area contributed by atoms with Gasteiger partial charge < -0.3 is 4.98 Å². The fraction of sp³-hybridized carbons (Fsp3) is 0.500. The van der Waals surface area contributed by atoms with Gasteiger partial charge in [-0.2, -0.15) is 0 Å². The van der Waals surface area contributed by atoms with Crippen LogP contribution in [0.2, 0.25) is 5.02 Å². The average molecular weight is 249 g/mol. The number of aromatic nitrogens is 2. The number of aromatic amines is 1. The Balaban J connectivity index is 2.10. The highest BCUT2D eigenvalue weighted by molar-refractivity contribution is 6.31. The molecule has 1 aliphatic carbocycles. The molecule has 1 aliphatic rings. The number of hydrogen-bond acceptors (Lipinski definition) is 1. The number of hydrogen-bond donors (Lipinski definition) is 1. The Labute approximate surface area is 106 Å². The van der Waals surface area contributed by atoms with Crippen molar-refractivity contribution in [1.82, 2.24) is 9.97 Å². The second kappa shape index (κ2) is 4.02. The van der Waals surface area contributed by atoms with E-state index in [-0.39, 0.29) is 0 Å². The van der Waals surface area contributed by atoms with Crippen LogP contribution in [0.1, 0.15) is 31.5 Å². The quantitative estimate of drug-likeness (QED) is 0.813. The molecule has 3 rings (SSSR count). The van der Waals surface area contributed by atoms with Crippen LogP contribution in [0.4, 0.5) is 0 Å². The van der Waals surface area contributed by atoms with Crippen LogP contribution in [0.25, 0.3) is 11.0 Å². The lowest BCUT2D eigenvalue weighted by atomic mass is 9.80. The van der Waals surface area contributed by atoms with E-state index >= 15 is 0 Å². The molecule has 0 saturated carbocycles. The van der Waals surface area contributed by atoms with E-state index < -0.39 is 0 Å². The molecular weight excluding hydrogens is 232 g/mol. The average Bonchev–Trinajstić information content (AvgIpc) is 2.66. The van der Waals surface area contributed by atoms with E-state index in [9.17, 15) is 0 Å². The SMILES string of the molecule is CC(C)C1CCc2[nH]c3ncc(Cl)cc3c2C1. The number of fused-ring (bicyclic) bond motifs is 3. The highest BCUT2D eigenvalue weighted by atomic mass is 35.5. The zero-order chi connectivity index (χ0) is 12.0. The largest absolute Gasteiger partial charge is 0.343 e. The van der Waals surface area contributed by atoms with E-state index in [1.54, 1.807) is 6.20 Å². The van der Waals surface area contributed by atoms with Crippen LogP contribution in [-0.2, 0) is 12.8 Å². The van der Waals surface area contributed by atoms with Gasteiger partial charge >= 0.3 is 0 Å². The molecule has 0 fully saturated rings. The fourth-order valence-electron chi connectivity index (χ4n) is 2.86. The molecule has 2 aromatic rings. The molecule has 0 aromatic carbocycles. The highest BCUT2D eigenvalue weighted by Gasteiger charge is 2.24. The van der Waals surface area contributed by atoms with Gasteiger partial charge in [-0.15, -0.1) is 0 Å². The molecule has 90 valence electrons. The molecule has 0 bridgehead atoms. The number of aryl methyl sites for hydroxylation is 1. The Kier molecular flexibility index (Phi) is 2.62. The van der Waals surface area contributed by atoms with Crippen LogP contribution in [0.15, 0.2) is 12.3 Å². The maximum atomic E-state index is 6.04. The summed E-state index contributed by atoms with van der Waals surface area (Å²) in [5.41, 5.74) is 3.80. The van der Waals surface area contributed by atoms with Gasteiger partial charge in [-0.3, -0.25) is 0 Å². The molecule has 2 heterocycles. The first kappa shape index (κ1) is 11.1. The zero-order valence-corrected chi connectivity index (χ0v) is 11.0. The van der Waals surface area contributed by atoms with Gasteiger partial charge in [0.15, 0.2) is 0 Å². The lowest BCUT2D eigenvalue weighted by Crippen LogP contribution is -2.18. The van der Waals surface area contributed by atoms with Gasteiger partial charge in [0.1, 0.15) is 5.65 Å². The van der Waals surface area contributed by atoms with Gasteiger partial charge in [-0.1, -0.05) is 25.4 Å². The number of halogens is 1. The molecule has 17 heavy (non-hydrogen) atoms. The summed E-state index contributed by atoms with van der Waals surface area (Å²) in [6.45, 7) is 4.63. The summed E-state index contributed by atoms with van der Waals surface area (Å²) >= 11 is 6.04. The predicted molar refractivity (Wildman–Crippen MR) is 71.5 cm³/mol. The zero-order valence-electron chi connectivity index (χ0n) is 10.3. The van der Waals surface area contributed by atoms with Crippen LogP contribution in [-0.4, -0.2) is 9.97 Å². The molecule has 3 heteroatoms. The van der Waals surface area contributed by atoms with Crippen LogP contribution in [0.3, 0.4) is 0 Å². The molecule has 1 atom stereocenters. The maximum absolute atomic E-state index is 6.04. The van der Waals surface area contributed by atoms with Crippen molar-refractivity contribution in [2.45, 2.75) is 33.1 Å². The van der Waals surface area contributed by atoms with Gasteiger partial charge in [0.25, 0.3) is 0 Å². The molecule has 0 radical (unpaired) electrons. The van der Waals surface area contributed by atoms with Crippen molar-refractivity contribution in [1.29, 1.82) is 0 Å². The van der Waals surface area contributed by atoms with E-state index in [2.05, 4.69) is 23.8 Å². The minimum Gasteiger partial charge on any atom is -0.343 e. The van der Waals surface area contributed by atoms with Gasteiger partial charge in [0, 0.05) is 17.3 Å². The highest BCUT2D eigenvalue weighted by Crippen LogP contribution is 2.34. The van der Waals surface area contributed by atoms with E-state index in [1.807, 2.05) is 6.07 Å². The summed E-state index contributed by atoms with van der Waals surface area (Å²) in [4.78, 5) is 7.80. The molecular formula is C14H17ClN2. The van der Waals surface area contributed by atoms with E-state index in [4.69, 9.17) is 11.6 Å². The van der Waals surface area contributed by atoms with Crippen LogP contribution in [0, 0.1) is 11.8 Å². The van der Waals surface area contributed by atoms with Crippen molar-refractivity contribution in [3.63, 3.8) is 0 Å². The summed E-state index contributed by atoms with van der Waals surface area (Å²) in [6.07, 6.45) is 5.30. The second-order valence-electron chi connectivity index (χ2n) is 5.38. The Hall–Kier alpha value is -1.02. The lowest BCUT2D eigenvalue weighted by Gasteiger charge is -2.25. The first-order chi connectivity index (χ1) is 8.15. The Bertz CT molecular complexity index is 557. The Morgan fingerprint density at radius 2 is 2.29 bits per heavy atom. The molecule has 0 spiro atoms. The van der Waals surface area contributed by atoms with Crippen molar-refractivity contribution < 1.29 is 0 Å². The summed E-state index contributed by atoms with van der Waals surface area (Å²) in [5.74, 6) is 1.54. The maximum Gasteiger partial charge on any atom is 0.137 e. The number of nitrogens with one attached hydrogen (secondary N) is 1. The summed E-state index contributed by atoms with van der Waals surface area (Å²) < 4.78 is 0. The first-order valence-corrected chi connectivity index (χ1v) is 6.68. The number of H-pyrrole nitrogens is 1. The molecule has 1 unspecified atom stereocenters. The van der Waals surface area contributed by atoms with E-state index in [0.29, 0.717) is 0 Å². The third-order valence-electron chi connectivity index (χ3n) is 3.99. The Morgan fingerprint density at radius 1 is 1.47 bits per heavy atom. The van der Waals surface area contributed by atoms with Crippen molar-refractivity contribution in [2.75, 3.05) is 0 Å². The van der Waals surface area contributed by atoms with Crippen molar-refractivity contribution in [3.05, 3.63) is 28.5 Å². The van der Waals surface area contributed by atoms with Gasteiger partial charge in [0.2, 0.25) is 0 Å². The van der Waals surface area contributed by atoms with E-state index in [1.165, 1.54) is 23.1 Å². The standard InChI is InChI=1S/C14H17ClN2/c1-8(2)9-3-4-13-11(5-9)12-6-10(15)7-16-14(12)17-13/h6-9H,3-5H2,1-2H3,(H,16,17). The third kappa shape index (κ3) is 1.85. The molecule has 2 aromatic heterocycles. The summed E-state index contributed by atoms with van der Waals surface area (Å²) in [6, 6.07) is 2.04. The minimum atomic E-state index is 0.728. The first-order valence-electron chi connectivity index (χ1n) is 6.30. The molecule has 0 aliphatic heterocycles. The van der Waals surface area contributed by atoms with Crippen molar-refractivity contribution >= 4 is 22.6 Å².